The van der Waals surface area contributed by atoms with Gasteiger partial charge in [-0.1, -0.05) is 35.0 Å². The largest absolute Gasteiger partial charge is 0.495 e. The van der Waals surface area contributed by atoms with Crippen LogP contribution in [0.5, 0.6) is 11.5 Å². The van der Waals surface area contributed by atoms with E-state index in [9.17, 15) is 8.42 Å². The molecule has 0 saturated carbocycles. The summed E-state index contributed by atoms with van der Waals surface area (Å²) in [6.07, 6.45) is 0.270. The highest BCUT2D eigenvalue weighted by Gasteiger charge is 2.25. The summed E-state index contributed by atoms with van der Waals surface area (Å²) < 4.78 is 43.0. The third-order valence-electron chi connectivity index (χ3n) is 4.42. The van der Waals surface area contributed by atoms with Crippen molar-refractivity contribution >= 4 is 21.6 Å². The summed E-state index contributed by atoms with van der Waals surface area (Å²) in [5, 5.41) is 4.20. The molecule has 1 aromatic heterocycles. The van der Waals surface area contributed by atoms with Crippen LogP contribution >= 0.6 is 11.6 Å². The van der Waals surface area contributed by atoms with Gasteiger partial charge in [0.15, 0.2) is 12.4 Å². The predicted molar refractivity (Wildman–Crippen MR) is 111 cm³/mol. The van der Waals surface area contributed by atoms with Crippen LogP contribution < -0.4 is 9.47 Å². The van der Waals surface area contributed by atoms with E-state index in [1.165, 1.54) is 30.6 Å². The number of likely N-dealkylation sites (N-methyl/N-ethyl adjacent to an activating group) is 1. The number of rotatable bonds is 9. The molecule has 0 spiro atoms. The van der Waals surface area contributed by atoms with Gasteiger partial charge >= 0.3 is 0 Å². The summed E-state index contributed by atoms with van der Waals surface area (Å²) in [5.41, 5.74) is 1.00. The van der Waals surface area contributed by atoms with E-state index in [2.05, 4.69) is 10.1 Å². The van der Waals surface area contributed by atoms with Crippen LogP contribution in [0.4, 0.5) is 0 Å². The van der Waals surface area contributed by atoms with E-state index < -0.39 is 10.0 Å². The first-order valence-corrected chi connectivity index (χ1v) is 10.9. The first-order valence-electron chi connectivity index (χ1n) is 9.11. The van der Waals surface area contributed by atoms with Crippen molar-refractivity contribution < 1.29 is 22.4 Å². The van der Waals surface area contributed by atoms with Crippen LogP contribution in [0, 0.1) is 6.92 Å². The van der Waals surface area contributed by atoms with Crippen LogP contribution in [-0.4, -0.2) is 43.6 Å². The SMILES string of the molecule is COc1ccc(Cl)cc1S(=O)(=O)N(C)CCc1noc(COc2ccccc2C)n1. The molecule has 0 bridgehead atoms. The van der Waals surface area contributed by atoms with E-state index in [4.69, 9.17) is 25.6 Å². The molecule has 0 atom stereocenters. The van der Waals surface area contributed by atoms with Crippen molar-refractivity contribution in [3.8, 4) is 11.5 Å². The number of nitrogens with zero attached hydrogens (tertiary/aromatic N) is 3. The minimum atomic E-state index is -3.81. The molecule has 8 nitrogen and oxygen atoms in total. The molecular formula is C20H22ClN3O5S. The average Bonchev–Trinajstić information content (AvgIpc) is 3.19. The van der Waals surface area contributed by atoms with Crippen molar-refractivity contribution in [3.63, 3.8) is 0 Å². The summed E-state index contributed by atoms with van der Waals surface area (Å²) in [4.78, 5) is 4.26. The van der Waals surface area contributed by atoms with Gasteiger partial charge in [0, 0.05) is 25.0 Å². The number of para-hydroxylation sites is 1. The van der Waals surface area contributed by atoms with Crippen LogP contribution in [0.25, 0.3) is 0 Å². The Morgan fingerprint density at radius 1 is 1.17 bits per heavy atom. The van der Waals surface area contributed by atoms with Crippen molar-refractivity contribution in [3.05, 3.63) is 64.8 Å². The fraction of sp³-hybridized carbons (Fsp3) is 0.300. The van der Waals surface area contributed by atoms with Gasteiger partial charge in [-0.3, -0.25) is 0 Å². The van der Waals surface area contributed by atoms with E-state index >= 15 is 0 Å². The first-order chi connectivity index (χ1) is 14.3. The number of benzene rings is 2. The van der Waals surface area contributed by atoms with Gasteiger partial charge in [-0.25, -0.2) is 12.7 Å². The fourth-order valence-corrected chi connectivity index (χ4v) is 4.29. The van der Waals surface area contributed by atoms with E-state index in [1.807, 2.05) is 31.2 Å². The van der Waals surface area contributed by atoms with Crippen molar-refractivity contribution in [2.45, 2.75) is 24.8 Å². The Kier molecular flexibility index (Phi) is 6.96. The highest BCUT2D eigenvalue weighted by atomic mass is 35.5. The molecule has 2 aromatic carbocycles. The van der Waals surface area contributed by atoms with Crippen LogP contribution in [0.15, 0.2) is 51.9 Å². The van der Waals surface area contributed by atoms with Crippen LogP contribution in [-0.2, 0) is 23.1 Å². The van der Waals surface area contributed by atoms with Gasteiger partial charge < -0.3 is 14.0 Å². The van der Waals surface area contributed by atoms with Gasteiger partial charge in [0.05, 0.1) is 7.11 Å². The van der Waals surface area contributed by atoms with Gasteiger partial charge in [-0.2, -0.15) is 4.98 Å². The van der Waals surface area contributed by atoms with Crippen molar-refractivity contribution in [2.24, 2.45) is 0 Å². The van der Waals surface area contributed by atoms with Crippen LogP contribution in [0.1, 0.15) is 17.3 Å². The zero-order valence-electron chi connectivity index (χ0n) is 16.8. The standard InChI is InChI=1S/C20H22ClN3O5S/c1-14-6-4-5-7-16(14)28-13-20-22-19(23-29-20)10-11-24(2)30(25,26)18-12-15(21)8-9-17(18)27-3/h4-9,12H,10-11,13H2,1-3H3. The molecule has 3 rings (SSSR count). The molecule has 0 saturated heterocycles. The number of ether oxygens (including phenoxy) is 2. The Morgan fingerprint density at radius 2 is 1.93 bits per heavy atom. The van der Waals surface area contributed by atoms with Gasteiger partial charge in [0.2, 0.25) is 10.0 Å². The van der Waals surface area contributed by atoms with E-state index in [0.717, 1.165) is 11.3 Å². The van der Waals surface area contributed by atoms with E-state index in [0.29, 0.717) is 16.7 Å². The lowest BCUT2D eigenvalue weighted by Gasteiger charge is -2.18. The number of halogens is 1. The molecular weight excluding hydrogens is 430 g/mol. The lowest BCUT2D eigenvalue weighted by Crippen LogP contribution is -2.29. The molecule has 0 N–H and O–H groups in total. The Balaban J connectivity index is 1.62. The highest BCUT2D eigenvalue weighted by molar-refractivity contribution is 7.89. The lowest BCUT2D eigenvalue weighted by atomic mass is 10.2. The quantitative estimate of drug-likeness (QED) is 0.491. The zero-order valence-corrected chi connectivity index (χ0v) is 18.4. The molecule has 0 radical (unpaired) electrons. The van der Waals surface area contributed by atoms with Crippen LogP contribution in [0.3, 0.4) is 0 Å². The molecule has 0 aliphatic rings. The van der Waals surface area contributed by atoms with Gasteiger partial charge in [0.25, 0.3) is 5.89 Å². The molecule has 0 aliphatic heterocycles. The molecule has 0 fully saturated rings. The summed E-state index contributed by atoms with van der Waals surface area (Å²) >= 11 is 5.96. The molecule has 160 valence electrons. The topological polar surface area (TPSA) is 94.8 Å². The summed E-state index contributed by atoms with van der Waals surface area (Å²) in [6, 6.07) is 12.1. The Hall–Kier alpha value is -2.62. The predicted octanol–water partition coefficient (Wildman–Crippen LogP) is 3.48. The maximum absolute atomic E-state index is 12.9. The molecule has 0 unspecified atom stereocenters. The third-order valence-corrected chi connectivity index (χ3v) is 6.53. The number of hydrogen-bond acceptors (Lipinski definition) is 7. The second-order valence-corrected chi connectivity index (χ2v) is 8.98. The summed E-state index contributed by atoms with van der Waals surface area (Å²) in [7, 11) is -0.931. The molecule has 30 heavy (non-hydrogen) atoms. The highest BCUT2D eigenvalue weighted by Crippen LogP contribution is 2.29. The zero-order chi connectivity index (χ0) is 21.7. The molecule has 0 amide bonds. The Labute approximate surface area is 180 Å². The Bertz CT molecular complexity index is 1120. The number of aryl methyl sites for hydroxylation is 1. The second kappa shape index (κ2) is 9.46. The van der Waals surface area contributed by atoms with Crippen molar-refractivity contribution in [1.82, 2.24) is 14.4 Å². The second-order valence-electron chi connectivity index (χ2n) is 6.53. The Morgan fingerprint density at radius 3 is 2.67 bits per heavy atom. The summed E-state index contributed by atoms with van der Waals surface area (Å²) in [6.45, 7) is 2.22. The molecule has 1 heterocycles. The molecule has 3 aromatic rings. The number of methoxy groups -OCH3 is 1. The summed E-state index contributed by atoms with van der Waals surface area (Å²) in [5.74, 6) is 1.66. The smallest absolute Gasteiger partial charge is 0.264 e. The molecule has 0 aliphatic carbocycles. The maximum atomic E-state index is 12.9. The fourth-order valence-electron chi connectivity index (χ4n) is 2.71. The number of aromatic nitrogens is 2. The minimum absolute atomic E-state index is 0.000400. The van der Waals surface area contributed by atoms with Crippen molar-refractivity contribution in [2.75, 3.05) is 20.7 Å². The van der Waals surface area contributed by atoms with Crippen molar-refractivity contribution in [1.29, 1.82) is 0 Å². The van der Waals surface area contributed by atoms with Gasteiger partial charge in [-0.15, -0.1) is 0 Å². The normalized spacial score (nSPS) is 11.6. The van der Waals surface area contributed by atoms with Crippen LogP contribution in [0.2, 0.25) is 5.02 Å². The lowest BCUT2D eigenvalue weighted by molar-refractivity contribution is 0.241. The minimum Gasteiger partial charge on any atom is -0.495 e. The third kappa shape index (κ3) is 5.10. The number of hydrogen-bond donors (Lipinski definition) is 0. The van der Waals surface area contributed by atoms with Gasteiger partial charge in [-0.05, 0) is 36.8 Å². The van der Waals surface area contributed by atoms with E-state index in [-0.39, 0.29) is 30.2 Å². The number of sulfonamides is 1. The van der Waals surface area contributed by atoms with Gasteiger partial charge in [0.1, 0.15) is 16.4 Å². The first kappa shape index (κ1) is 22.1. The van der Waals surface area contributed by atoms with E-state index in [1.54, 1.807) is 6.07 Å². The monoisotopic (exact) mass is 451 g/mol. The average molecular weight is 452 g/mol. The maximum Gasteiger partial charge on any atom is 0.264 e. The molecule has 10 heteroatoms.